The molecule has 234 valence electrons. The summed E-state index contributed by atoms with van der Waals surface area (Å²) in [5, 5.41) is 66.7. The van der Waals surface area contributed by atoms with Crippen LogP contribution in [0.15, 0.2) is 60.8 Å². The van der Waals surface area contributed by atoms with Crippen molar-refractivity contribution in [3.8, 4) is 0 Å². The second kappa shape index (κ2) is 13.6. The fourth-order valence-electron chi connectivity index (χ4n) is 2.48. The fraction of sp³-hybridized carbons (Fsp3) is 0.423. The van der Waals surface area contributed by atoms with Crippen LogP contribution in [0, 0.1) is 0 Å². The van der Waals surface area contributed by atoms with E-state index >= 15 is 0 Å². The largest absolute Gasteiger partial charge is 0.451 e. The molecule has 0 bridgehead atoms. The molecule has 6 N–H and O–H groups in total. The van der Waals surface area contributed by atoms with Gasteiger partial charge in [-0.15, -0.1) is 0 Å². The number of carbonyl (C=O) groups excluding carboxylic acids is 5. The molecule has 0 spiro atoms. The molecule has 0 aliphatic rings. The molecule has 0 aromatic rings. The van der Waals surface area contributed by atoms with E-state index < -0.39 is 93.8 Å². The second-order valence-electron chi connectivity index (χ2n) is 9.11. The molecule has 42 heavy (non-hydrogen) atoms. The monoisotopic (exact) mass is 602 g/mol. The lowest BCUT2D eigenvalue weighted by Gasteiger charge is -2.51. The van der Waals surface area contributed by atoms with E-state index in [0.717, 1.165) is 34.6 Å². The third kappa shape index (κ3) is 7.55. The number of aliphatic hydroxyl groups excluding tert-OH is 2. The Morgan fingerprint density at radius 1 is 0.548 bits per heavy atom. The molecule has 0 heterocycles. The first-order valence-corrected chi connectivity index (χ1v) is 11.5. The van der Waals surface area contributed by atoms with Gasteiger partial charge in [0.25, 0.3) is 0 Å². The van der Waals surface area contributed by atoms with Crippen LogP contribution in [0.4, 0.5) is 0 Å². The molecular weight excluding hydrogens is 568 g/mol. The van der Waals surface area contributed by atoms with Gasteiger partial charge in [-0.05, 0) is 34.6 Å². The molecule has 0 radical (unpaired) electrons. The second-order valence-corrected chi connectivity index (χ2v) is 9.11. The minimum absolute atomic E-state index is 0.590. The Balaban J connectivity index is 8.38. The lowest BCUT2D eigenvalue weighted by molar-refractivity contribution is -0.540. The Kier molecular flexibility index (Phi) is 12.3. The summed E-state index contributed by atoms with van der Waals surface area (Å²) in [4.78, 5) is 62.9. The maximum atomic E-state index is 12.7. The SMILES string of the molecule is C=C(C)C(=O)OC(O)(OC(=O)C(=C)C)[C@](O)(OC(=O)C(=C)C)[C@](O)(OC(=O)C(=C)C)[C@](O)(OC(=O)C(=C)C)[C@H](O)CO. The van der Waals surface area contributed by atoms with Gasteiger partial charge in [0.05, 0.1) is 6.61 Å². The normalized spacial score (nSPS) is 16.1. The molecule has 0 saturated carbocycles. The zero-order valence-corrected chi connectivity index (χ0v) is 23.6. The Morgan fingerprint density at radius 3 is 1.10 bits per heavy atom. The van der Waals surface area contributed by atoms with Gasteiger partial charge in [-0.25, -0.2) is 24.0 Å². The van der Waals surface area contributed by atoms with Crippen LogP contribution >= 0.6 is 0 Å². The summed E-state index contributed by atoms with van der Waals surface area (Å²) in [7, 11) is 0. The topological polar surface area (TPSA) is 253 Å². The summed E-state index contributed by atoms with van der Waals surface area (Å²) < 4.78 is 23.2. The maximum Gasteiger partial charge on any atom is 0.451 e. The molecule has 0 aliphatic carbocycles. The first kappa shape index (κ1) is 37.8. The lowest BCUT2D eigenvalue weighted by Crippen LogP contribution is -2.83. The average Bonchev–Trinajstić information content (AvgIpc) is 2.86. The van der Waals surface area contributed by atoms with Crippen LogP contribution in [0.25, 0.3) is 0 Å². The van der Waals surface area contributed by atoms with Crippen molar-refractivity contribution in [3.63, 3.8) is 0 Å². The van der Waals surface area contributed by atoms with Crippen LogP contribution in [0.5, 0.6) is 0 Å². The highest BCUT2D eigenvalue weighted by Gasteiger charge is 2.84. The van der Waals surface area contributed by atoms with E-state index in [2.05, 4.69) is 56.6 Å². The van der Waals surface area contributed by atoms with Gasteiger partial charge < -0.3 is 54.3 Å². The number of hydrogen-bond donors (Lipinski definition) is 6. The lowest BCUT2D eigenvalue weighted by atomic mass is 9.88. The van der Waals surface area contributed by atoms with Crippen molar-refractivity contribution >= 4 is 29.8 Å². The van der Waals surface area contributed by atoms with Crippen molar-refractivity contribution < 1.29 is 78.3 Å². The minimum Gasteiger partial charge on any atom is -0.419 e. The van der Waals surface area contributed by atoms with Crippen molar-refractivity contribution in [3.05, 3.63) is 60.8 Å². The van der Waals surface area contributed by atoms with Crippen LogP contribution in [0.3, 0.4) is 0 Å². The van der Waals surface area contributed by atoms with Crippen molar-refractivity contribution in [2.24, 2.45) is 0 Å². The minimum atomic E-state index is -4.88. The van der Waals surface area contributed by atoms with Crippen molar-refractivity contribution in [1.82, 2.24) is 0 Å². The molecule has 0 unspecified atom stereocenters. The smallest absolute Gasteiger partial charge is 0.419 e. The maximum absolute atomic E-state index is 12.7. The predicted octanol–water partition coefficient (Wildman–Crippen LogP) is -1.35. The Hall–Kier alpha value is -4.19. The number of esters is 5. The molecule has 0 amide bonds. The molecular formula is C26H34O16. The number of ether oxygens (including phenoxy) is 5. The van der Waals surface area contributed by atoms with Gasteiger partial charge in [0.15, 0.2) is 0 Å². The van der Waals surface area contributed by atoms with Gasteiger partial charge in [0, 0.05) is 27.9 Å². The predicted molar refractivity (Wildman–Crippen MR) is 137 cm³/mol. The molecule has 0 rings (SSSR count). The van der Waals surface area contributed by atoms with Gasteiger partial charge in [-0.2, -0.15) is 0 Å². The fourth-order valence-corrected chi connectivity index (χ4v) is 2.48. The van der Waals surface area contributed by atoms with Gasteiger partial charge in [-0.3, -0.25) is 0 Å². The third-order valence-electron chi connectivity index (χ3n) is 4.93. The zero-order chi connectivity index (χ0) is 33.6. The van der Waals surface area contributed by atoms with Gasteiger partial charge >= 0.3 is 53.2 Å². The van der Waals surface area contributed by atoms with E-state index in [-0.39, 0.29) is 0 Å². The number of hydrogen-bond acceptors (Lipinski definition) is 16. The highest BCUT2D eigenvalue weighted by molar-refractivity contribution is 5.91. The Morgan fingerprint density at radius 2 is 0.810 bits per heavy atom. The summed E-state index contributed by atoms with van der Waals surface area (Å²) in [6, 6.07) is 0. The van der Waals surface area contributed by atoms with Crippen molar-refractivity contribution in [2.75, 3.05) is 6.61 Å². The summed E-state index contributed by atoms with van der Waals surface area (Å²) >= 11 is 0. The van der Waals surface area contributed by atoms with Crippen molar-refractivity contribution in [1.29, 1.82) is 0 Å². The quantitative estimate of drug-likeness (QED) is 0.0548. The van der Waals surface area contributed by atoms with E-state index in [9.17, 15) is 54.6 Å². The Bertz CT molecular complexity index is 1190. The van der Waals surface area contributed by atoms with Crippen LogP contribution in [-0.4, -0.2) is 96.5 Å². The Labute approximate surface area is 240 Å². The molecule has 16 nitrogen and oxygen atoms in total. The standard InChI is InChI=1S/C26H34O16/c1-12(2)18(29)38-23(34,17(28)11-27)24(35,39-19(30)13(3)4)25(36,40-20(31)14(5)6)26(37,41-21(32)15(7)8)42-22(33)16(9)10/h17,27-28,34-37H,1,3,5,7,9,11H2,2,4,6,8,10H3/t17-,23-,24-,25-/m1/s1. The summed E-state index contributed by atoms with van der Waals surface area (Å²) in [6.07, 6.45) is -3.04. The summed E-state index contributed by atoms with van der Waals surface area (Å²) in [5.74, 6) is -27.7. The summed E-state index contributed by atoms with van der Waals surface area (Å²) in [5.41, 5.74) is -3.14. The molecule has 0 fully saturated rings. The average molecular weight is 603 g/mol. The molecule has 0 saturated heterocycles. The molecule has 4 atom stereocenters. The number of carbonyl (C=O) groups is 5. The van der Waals surface area contributed by atoms with Gasteiger partial charge in [0.2, 0.25) is 0 Å². The first-order chi connectivity index (χ1) is 18.9. The molecule has 0 aliphatic heterocycles. The van der Waals surface area contributed by atoms with E-state index in [0.29, 0.717) is 0 Å². The highest BCUT2D eigenvalue weighted by atomic mass is 16.9. The van der Waals surface area contributed by atoms with Crippen molar-refractivity contribution in [2.45, 2.75) is 64.1 Å². The first-order valence-electron chi connectivity index (χ1n) is 11.5. The van der Waals surface area contributed by atoms with Gasteiger partial charge in [-0.1, -0.05) is 32.9 Å². The van der Waals surface area contributed by atoms with Gasteiger partial charge in [0.1, 0.15) is 6.10 Å². The van der Waals surface area contributed by atoms with Crippen LogP contribution < -0.4 is 0 Å². The van der Waals surface area contributed by atoms with E-state index in [1.807, 2.05) is 0 Å². The van der Waals surface area contributed by atoms with E-state index in [4.69, 9.17) is 0 Å². The number of aliphatic hydroxyl groups is 6. The van der Waals surface area contributed by atoms with E-state index in [1.165, 1.54) is 0 Å². The number of rotatable bonds is 15. The third-order valence-corrected chi connectivity index (χ3v) is 4.93. The molecule has 0 aromatic heterocycles. The van der Waals surface area contributed by atoms with Crippen LogP contribution in [0.1, 0.15) is 34.6 Å². The highest BCUT2D eigenvalue weighted by Crippen LogP contribution is 2.47. The molecule has 16 heteroatoms. The van der Waals surface area contributed by atoms with Crippen LogP contribution in [-0.2, 0) is 47.7 Å². The molecule has 0 aromatic carbocycles. The zero-order valence-electron chi connectivity index (χ0n) is 23.6. The summed E-state index contributed by atoms with van der Waals surface area (Å²) in [6.45, 7) is 19.0. The van der Waals surface area contributed by atoms with Crippen LogP contribution in [0.2, 0.25) is 0 Å². The van der Waals surface area contributed by atoms with E-state index in [1.54, 1.807) is 0 Å².